The van der Waals surface area contributed by atoms with Gasteiger partial charge in [-0.2, -0.15) is 0 Å². The minimum absolute atomic E-state index is 0.0542. The molecule has 1 atom stereocenters. The van der Waals surface area contributed by atoms with Crippen LogP contribution in [0, 0.1) is 4.78 Å². The van der Waals surface area contributed by atoms with E-state index in [4.69, 9.17) is 9.52 Å². The van der Waals surface area contributed by atoms with Crippen molar-refractivity contribution in [3.63, 3.8) is 0 Å². The highest BCUT2D eigenvalue weighted by Crippen LogP contribution is 2.26. The molecule has 2 aromatic rings. The Balaban J connectivity index is 1.45. The molecule has 0 bridgehead atoms. The highest BCUT2D eigenvalue weighted by atomic mass is 32.2. The molecule has 2 aromatic carbocycles. The molecule has 0 aliphatic carbocycles. The van der Waals surface area contributed by atoms with Gasteiger partial charge in [0.2, 0.25) is 5.91 Å². The third kappa shape index (κ3) is 4.60. The van der Waals surface area contributed by atoms with Gasteiger partial charge < -0.3 is 10.1 Å². The van der Waals surface area contributed by atoms with Crippen LogP contribution in [0.15, 0.2) is 53.4 Å². The molecule has 25 heavy (non-hydrogen) atoms. The number of rotatable bonds is 7. The van der Waals surface area contributed by atoms with Gasteiger partial charge in [-0.15, -0.1) is 0 Å². The van der Waals surface area contributed by atoms with Crippen LogP contribution >= 0.6 is 0 Å². The molecule has 0 spiro atoms. The molecular formula is C19H22N2O3S. The van der Waals surface area contributed by atoms with E-state index in [9.17, 15) is 9.00 Å². The second kappa shape index (κ2) is 7.70. The maximum Gasteiger partial charge on any atom is 0.224 e. The maximum atomic E-state index is 12.4. The lowest BCUT2D eigenvalue weighted by molar-refractivity contribution is -0.116. The zero-order valence-electron chi connectivity index (χ0n) is 14.0. The lowest BCUT2D eigenvalue weighted by Gasteiger charge is -2.17. The van der Waals surface area contributed by atoms with Crippen LogP contribution in [0.4, 0.5) is 5.69 Å². The van der Waals surface area contributed by atoms with Gasteiger partial charge in [0, 0.05) is 22.8 Å². The molecule has 0 saturated carbocycles. The van der Waals surface area contributed by atoms with Gasteiger partial charge in [0.15, 0.2) is 0 Å². The molecule has 132 valence electrons. The molecule has 1 amide bonds. The second-order valence-corrected chi connectivity index (χ2v) is 8.35. The zero-order chi connectivity index (χ0) is 17.7. The van der Waals surface area contributed by atoms with Crippen LogP contribution in [0.3, 0.4) is 0 Å². The van der Waals surface area contributed by atoms with Crippen molar-refractivity contribution >= 4 is 21.3 Å². The van der Waals surface area contributed by atoms with E-state index in [0.29, 0.717) is 30.1 Å². The minimum Gasteiger partial charge on any atom is -0.494 e. The molecule has 0 radical (unpaired) electrons. The molecule has 1 unspecified atom stereocenters. The SMILES string of the molecule is N=S(=O)(CCCCOc1ccc2c(c1)CCC(=O)N2)c1ccccc1. The molecule has 1 aliphatic heterocycles. The van der Waals surface area contributed by atoms with Gasteiger partial charge in [-0.05, 0) is 55.2 Å². The fourth-order valence-corrected chi connectivity index (χ4v) is 4.25. The molecule has 1 aliphatic rings. The van der Waals surface area contributed by atoms with Crippen LogP contribution in [0.5, 0.6) is 5.75 Å². The van der Waals surface area contributed by atoms with Gasteiger partial charge in [0.1, 0.15) is 5.75 Å². The monoisotopic (exact) mass is 358 g/mol. The molecule has 0 saturated heterocycles. The van der Waals surface area contributed by atoms with Crippen molar-refractivity contribution in [1.82, 2.24) is 0 Å². The summed E-state index contributed by atoms with van der Waals surface area (Å²) in [6.45, 7) is 0.523. The number of hydrogen-bond donors (Lipinski definition) is 2. The van der Waals surface area contributed by atoms with Gasteiger partial charge in [-0.1, -0.05) is 18.2 Å². The number of unbranched alkanes of at least 4 members (excludes halogenated alkanes) is 1. The van der Waals surface area contributed by atoms with Crippen LogP contribution in [-0.4, -0.2) is 22.5 Å². The molecule has 2 N–H and O–H groups in total. The van der Waals surface area contributed by atoms with E-state index in [1.165, 1.54) is 0 Å². The summed E-state index contributed by atoms with van der Waals surface area (Å²) in [7, 11) is -2.72. The van der Waals surface area contributed by atoms with Gasteiger partial charge in [0.25, 0.3) is 0 Å². The average Bonchev–Trinajstić information content (AvgIpc) is 2.62. The average molecular weight is 358 g/mol. The van der Waals surface area contributed by atoms with E-state index in [1.54, 1.807) is 12.1 Å². The Morgan fingerprint density at radius 1 is 1.08 bits per heavy atom. The summed E-state index contributed by atoms with van der Waals surface area (Å²) in [5, 5.41) is 2.85. The lowest BCUT2D eigenvalue weighted by atomic mass is 10.0. The highest BCUT2D eigenvalue weighted by Gasteiger charge is 2.15. The Kier molecular flexibility index (Phi) is 5.38. The summed E-state index contributed by atoms with van der Waals surface area (Å²) in [5.74, 6) is 1.18. The fraction of sp³-hybridized carbons (Fsp3) is 0.316. The van der Waals surface area contributed by atoms with Crippen molar-refractivity contribution in [2.24, 2.45) is 0 Å². The predicted octanol–water partition coefficient (Wildman–Crippen LogP) is 3.84. The summed E-state index contributed by atoms with van der Waals surface area (Å²) in [4.78, 5) is 11.9. The summed E-state index contributed by atoms with van der Waals surface area (Å²) >= 11 is 0. The van der Waals surface area contributed by atoms with Crippen LogP contribution < -0.4 is 10.1 Å². The predicted molar refractivity (Wildman–Crippen MR) is 98.6 cm³/mol. The summed E-state index contributed by atoms with van der Waals surface area (Å²) in [5.41, 5.74) is 1.95. The number of fused-ring (bicyclic) bond motifs is 1. The lowest BCUT2D eigenvalue weighted by Crippen LogP contribution is -2.18. The van der Waals surface area contributed by atoms with E-state index in [0.717, 1.165) is 29.8 Å². The number of nitrogens with one attached hydrogen (secondary N) is 2. The Bertz CT molecular complexity index is 848. The van der Waals surface area contributed by atoms with Gasteiger partial charge >= 0.3 is 0 Å². The Labute approximate surface area is 148 Å². The van der Waals surface area contributed by atoms with Crippen LogP contribution in [0.1, 0.15) is 24.8 Å². The van der Waals surface area contributed by atoms with Crippen molar-refractivity contribution in [3.05, 3.63) is 54.1 Å². The molecular weight excluding hydrogens is 336 g/mol. The fourth-order valence-electron chi connectivity index (χ4n) is 2.81. The highest BCUT2D eigenvalue weighted by molar-refractivity contribution is 7.92. The number of aryl methyl sites for hydroxylation is 1. The minimum atomic E-state index is -2.72. The standard InChI is InChI=1S/C19H22N2O3S/c20-25(23,17-6-2-1-3-7-17)13-5-4-12-24-16-9-10-18-15(14-16)8-11-19(22)21-18/h1-3,6-7,9-10,14,20H,4-5,8,11-13H2,(H,21,22). The van der Waals surface area contributed by atoms with Crippen molar-refractivity contribution in [1.29, 1.82) is 4.78 Å². The number of amides is 1. The van der Waals surface area contributed by atoms with E-state index in [-0.39, 0.29) is 5.91 Å². The van der Waals surface area contributed by atoms with Crippen molar-refractivity contribution in [2.45, 2.75) is 30.6 Å². The third-order valence-electron chi connectivity index (χ3n) is 4.19. The number of hydrogen-bond acceptors (Lipinski definition) is 4. The quantitative estimate of drug-likeness (QED) is 0.738. The van der Waals surface area contributed by atoms with Gasteiger partial charge in [-0.25, -0.2) is 8.99 Å². The Morgan fingerprint density at radius 2 is 1.88 bits per heavy atom. The second-order valence-electron chi connectivity index (χ2n) is 6.12. The Morgan fingerprint density at radius 3 is 2.68 bits per heavy atom. The number of carbonyl (C=O) groups is 1. The topological polar surface area (TPSA) is 79.2 Å². The largest absolute Gasteiger partial charge is 0.494 e. The summed E-state index contributed by atoms with van der Waals surface area (Å²) < 4.78 is 26.2. The molecule has 0 aromatic heterocycles. The molecule has 0 fully saturated rings. The molecule has 3 rings (SSSR count). The van der Waals surface area contributed by atoms with Gasteiger partial charge in [0.05, 0.1) is 16.3 Å². The number of ether oxygens (including phenoxy) is 1. The van der Waals surface area contributed by atoms with E-state index < -0.39 is 9.73 Å². The smallest absolute Gasteiger partial charge is 0.224 e. The van der Waals surface area contributed by atoms with Crippen molar-refractivity contribution in [3.8, 4) is 5.75 Å². The molecule has 1 heterocycles. The summed E-state index contributed by atoms with van der Waals surface area (Å²) in [6.07, 6.45) is 2.67. The van der Waals surface area contributed by atoms with E-state index in [1.807, 2.05) is 36.4 Å². The first-order valence-electron chi connectivity index (χ1n) is 8.42. The zero-order valence-corrected chi connectivity index (χ0v) is 14.8. The van der Waals surface area contributed by atoms with Gasteiger partial charge in [-0.3, -0.25) is 4.79 Å². The molecule has 5 nitrogen and oxygen atoms in total. The van der Waals surface area contributed by atoms with Crippen LogP contribution in [0.25, 0.3) is 0 Å². The number of anilines is 1. The molecule has 6 heteroatoms. The van der Waals surface area contributed by atoms with E-state index in [2.05, 4.69) is 5.32 Å². The van der Waals surface area contributed by atoms with E-state index >= 15 is 0 Å². The first-order chi connectivity index (χ1) is 12.0. The third-order valence-corrected chi connectivity index (χ3v) is 6.09. The number of carbonyl (C=O) groups excluding carboxylic acids is 1. The number of benzene rings is 2. The Hall–Kier alpha value is -2.34. The summed E-state index contributed by atoms with van der Waals surface area (Å²) in [6, 6.07) is 14.7. The first kappa shape index (κ1) is 17.5. The van der Waals surface area contributed by atoms with Crippen LogP contribution in [-0.2, 0) is 20.9 Å². The normalized spacial score (nSPS) is 15.8. The first-order valence-corrected chi connectivity index (χ1v) is 10.1. The van der Waals surface area contributed by atoms with Crippen molar-refractivity contribution < 1.29 is 13.7 Å². The van der Waals surface area contributed by atoms with Crippen molar-refractivity contribution in [2.75, 3.05) is 17.7 Å². The maximum absolute atomic E-state index is 12.4. The van der Waals surface area contributed by atoms with Crippen LogP contribution in [0.2, 0.25) is 0 Å².